The van der Waals surface area contributed by atoms with Gasteiger partial charge in [0.25, 0.3) is 0 Å². The zero-order valence-corrected chi connectivity index (χ0v) is 100. The molecule has 0 spiro atoms. The second-order valence-electron chi connectivity index (χ2n) is 39.9. The third kappa shape index (κ3) is 44.2. The smallest absolute Gasteiger partial charge is 1.00 e. The molecule has 0 N–H and O–H groups in total. The molecule has 0 bridgehead atoms. The first-order chi connectivity index (χ1) is 66.1. The van der Waals surface area contributed by atoms with Crippen LogP contribution in [0, 0.1) is 31.2 Å². The molecule has 15 rings (SSSR count). The Morgan fingerprint density at radius 3 is 1.15 bits per heavy atom. The largest absolute Gasteiger partial charge is 1.00 e. The molecule has 0 atom stereocenters. The van der Waals surface area contributed by atoms with Crippen molar-refractivity contribution in [3.8, 4) is 23.0 Å². The van der Waals surface area contributed by atoms with Crippen molar-refractivity contribution in [3.63, 3.8) is 0 Å². The Morgan fingerprint density at radius 1 is 0.483 bits per heavy atom. The number of aryl methyl sites for hydroxylation is 2. The molecule has 0 amide bonds. The van der Waals surface area contributed by atoms with Crippen LogP contribution < -0.4 is 79.2 Å². The number of benzene rings is 12. The Hall–Kier alpha value is -6.62. The molecule has 143 heavy (non-hydrogen) atoms. The van der Waals surface area contributed by atoms with Gasteiger partial charge in [0.15, 0.2) is 11.8 Å². The summed E-state index contributed by atoms with van der Waals surface area (Å²) in [5, 5.41) is 8.61. The minimum Gasteiger partial charge on any atom is -1.00 e. The van der Waals surface area contributed by atoms with E-state index < -0.39 is 66.9 Å². The van der Waals surface area contributed by atoms with Crippen LogP contribution in [0.4, 0.5) is 24.3 Å². The molecule has 2 aliphatic heterocycles. The molecule has 1 fully saturated rings. The molecule has 0 unspecified atom stereocenters. The Kier molecular flexibility index (Phi) is 58.5. The van der Waals surface area contributed by atoms with E-state index in [2.05, 4.69) is 438 Å². The van der Waals surface area contributed by atoms with Gasteiger partial charge in [-0.3, -0.25) is 12.9 Å². The number of hydrogen-bond donors (Lipinski definition) is 0. The summed E-state index contributed by atoms with van der Waals surface area (Å²) in [6.45, 7) is 58.6. The average molecular weight is 2330 g/mol. The van der Waals surface area contributed by atoms with Gasteiger partial charge >= 0.3 is 281 Å². The molecule has 1 saturated heterocycles. The monoisotopic (exact) mass is 2330 g/mol. The maximum atomic E-state index is 9.67. The van der Waals surface area contributed by atoms with Crippen LogP contribution in [0.5, 0.6) is 23.0 Å². The summed E-state index contributed by atoms with van der Waals surface area (Å²) < 4.78 is 61.0. The van der Waals surface area contributed by atoms with E-state index in [1.165, 1.54) is 101 Å². The van der Waals surface area contributed by atoms with Gasteiger partial charge in [-0.1, -0.05) is 283 Å². The fourth-order valence-electron chi connectivity index (χ4n) is 17.5. The summed E-state index contributed by atoms with van der Waals surface area (Å²) in [5.41, 5.74) is 16.3. The molecule has 2 heterocycles. The topological polar surface area (TPSA) is 57.3 Å². The second-order valence-corrected chi connectivity index (χ2v) is 66.0. The second kappa shape index (κ2) is 64.0. The van der Waals surface area contributed by atoms with Gasteiger partial charge in [-0.25, -0.2) is 6.54 Å². The van der Waals surface area contributed by atoms with Crippen molar-refractivity contribution in [2.75, 3.05) is 19.1 Å². The summed E-state index contributed by atoms with van der Waals surface area (Å²) in [7, 11) is 24.0. The first kappa shape index (κ1) is 131. The fraction of sp³-hybridized carbons (Fsp3) is 0.322. The quantitative estimate of drug-likeness (QED) is 0.0236. The molecule has 774 valence electrons. The molecule has 3 aliphatic rings. The molecule has 0 radical (unpaired) electrons. The summed E-state index contributed by atoms with van der Waals surface area (Å²) in [6, 6.07) is 108. The van der Waals surface area contributed by atoms with Crippen molar-refractivity contribution >= 4 is 159 Å². The maximum Gasteiger partial charge on any atom is 1.00 e. The van der Waals surface area contributed by atoms with E-state index in [-0.39, 0.29) is 65.1 Å². The number of rotatable bonds is 21. The number of methoxy groups -OCH3 is 2. The van der Waals surface area contributed by atoms with Crippen LogP contribution in [0.15, 0.2) is 322 Å². The van der Waals surface area contributed by atoms with Crippen molar-refractivity contribution in [1.29, 1.82) is 0 Å². The van der Waals surface area contributed by atoms with Gasteiger partial charge in [0.05, 0.1) is 29.1 Å². The van der Waals surface area contributed by atoms with Crippen molar-refractivity contribution in [3.05, 3.63) is 383 Å². The summed E-state index contributed by atoms with van der Waals surface area (Å²) in [6.07, 6.45) is 11.3. The first-order valence-corrected chi connectivity index (χ1v) is 69.3. The van der Waals surface area contributed by atoms with Gasteiger partial charge in [0.2, 0.25) is 5.69 Å². The maximum absolute atomic E-state index is 9.67. The number of allylic oxidation sites excluding steroid dienone is 2. The zero-order chi connectivity index (χ0) is 104. The van der Waals surface area contributed by atoms with Crippen molar-refractivity contribution in [2.45, 2.75) is 226 Å². The van der Waals surface area contributed by atoms with Gasteiger partial charge in [-0.2, -0.15) is 4.58 Å². The Balaban J connectivity index is 0.000000418. The normalized spacial score (nSPS) is 13.7. The number of anilines is 1. The standard InChI is InChI=1S/2C18H28N.2C18H15P.C15H10.C13H18O2.C11H14O2.C6H18NSi2.CH4.BF3.5ClH.Cu.FH.Li.2Ru/c2*1-13(2)15-10-8-9-14(3)16(15)19-12-17(4,5)11-18(19,6)7;2*1-4-10-16(11-5-1)19(17-12-6-2-7-13-17)18-14-8-3-9-15-18;1-2-6-12(7-3-1)15-11-10-13-8-4-5-9-14(13)15;1-5-6-11-9-12(14-4)7-8-13(11)15-10(2)3;1-8(2)13-11-6-5-10(12-4)7-9(11)3;1-8(2,3)7-9(4,5)6;;2-1(3)4;;;;;;;;;;/h2*8-10,12-13H,11H2,1-7H3;2*1-15H;1-9,11H;5-10H,1-4H3;3,5-8H,1-2,4H3;1-6H3;1H4;;5*1H;;1H;;;/q-1;+1;;;;;;-1;;;;;;;;+1;;+1;2*+2/p-4. The number of nitrogens with zero attached hydrogens (tertiary/aromatic N) is 3. The van der Waals surface area contributed by atoms with Crippen LogP contribution in [0.1, 0.15) is 200 Å². The summed E-state index contributed by atoms with van der Waals surface area (Å²) in [4.78, 5) is 2.53. The number of ether oxygens (including phenoxy) is 4. The Labute approximate surface area is 913 Å². The van der Waals surface area contributed by atoms with Gasteiger partial charge in [-0.05, 0) is 162 Å². The van der Waals surface area contributed by atoms with E-state index in [9.17, 15) is 12.9 Å². The molecule has 0 aromatic heterocycles. The predicted octanol–water partition coefficient (Wildman–Crippen LogP) is 27.6. The fourth-order valence-corrected chi connectivity index (χ4v) is 35.0. The predicted molar refractivity (Wildman–Crippen MR) is 618 cm³/mol. The van der Waals surface area contributed by atoms with Crippen LogP contribution in [-0.2, 0) is 42.1 Å². The number of halogens is 9. The van der Waals surface area contributed by atoms with E-state index >= 15 is 0 Å². The third-order valence-corrected chi connectivity index (χ3v) is 37.8. The van der Waals surface area contributed by atoms with Crippen LogP contribution >= 0.6 is 64.7 Å². The van der Waals surface area contributed by atoms with Gasteiger partial charge in [-0.15, -0.1) is 5.41 Å². The molecular weight excluding hydrogens is 2180 g/mol. The van der Waals surface area contributed by atoms with Crippen molar-refractivity contribution in [1.82, 2.24) is 0 Å². The van der Waals surface area contributed by atoms with E-state index in [1.54, 1.807) is 14.2 Å². The van der Waals surface area contributed by atoms with Crippen LogP contribution in [0.25, 0.3) is 16.3 Å². The third-order valence-electron chi connectivity index (χ3n) is 22.0. The van der Waals surface area contributed by atoms with Gasteiger partial charge in [0.1, 0.15) is 43.3 Å². The average Bonchev–Trinajstić information content (AvgIpc) is 1.62. The van der Waals surface area contributed by atoms with Gasteiger partial charge in [0, 0.05) is 53.6 Å². The van der Waals surface area contributed by atoms with Crippen LogP contribution in [-0.4, -0.2) is 81.0 Å². The Bertz CT molecular complexity index is 5600. The first-order valence-electron chi connectivity index (χ1n) is 47.3. The van der Waals surface area contributed by atoms with E-state index in [4.69, 9.17) is 62.4 Å². The minimum absolute atomic E-state index is 0. The van der Waals surface area contributed by atoms with E-state index in [0.29, 0.717) is 11.8 Å². The summed E-state index contributed by atoms with van der Waals surface area (Å²) in [5.74, 6) is 4.41. The molecule has 12 aromatic carbocycles. The Morgan fingerprint density at radius 2 is 0.832 bits per heavy atom. The SMILES string of the molecule is C.CC=Cc1cc(OC)ccc1OC(C)C.COc1ccc(OC(C)C)c([CH]=[Ru]([Cl])[Cl])c1.C[Si](C)(C)[N-][Si](C)(C)C.Cc1cccc(C(C)C)c1N1[CH-]C(C)(C)CC1(C)C.Cc1cccc(C(C)C)c1[N+]1=CC(C)(C)CC1(C)C.FB(F)F.[Cl][Cu].[Cl][Ru]([Cl])=[C]1C=C(c2ccccc2)c2ccccc21.[F-].[Li+].c1ccc([PH+](c2ccccc2)c2ccccc2)cc1.c1ccc([PH+](c2ccccc2)c2ccccc2)cc1. The van der Waals surface area contributed by atoms with Crippen molar-refractivity contribution < 1.29 is 102 Å². The molecule has 25 heteroatoms. The number of para-hydroxylation sites is 2. The zero-order valence-electron chi connectivity index (χ0n) is 88.1. The van der Waals surface area contributed by atoms with E-state index in [1.807, 2.05) is 112 Å². The minimum atomic E-state index is -3.67. The number of hydrogen-bond acceptors (Lipinski definition) is 5. The van der Waals surface area contributed by atoms with Crippen LogP contribution in [0.3, 0.4) is 0 Å². The number of fused-ring (bicyclic) bond motifs is 1. The van der Waals surface area contributed by atoms with Crippen LogP contribution in [0.2, 0.25) is 39.3 Å². The van der Waals surface area contributed by atoms with Crippen molar-refractivity contribution in [2.24, 2.45) is 10.8 Å². The van der Waals surface area contributed by atoms with Gasteiger partial charge < -0.3 is 23.7 Å². The molecule has 12 aromatic rings. The van der Waals surface area contributed by atoms with E-state index in [0.717, 1.165) is 38.2 Å². The summed E-state index contributed by atoms with van der Waals surface area (Å²) >= 11 is -0.0790. The molecule has 0 saturated carbocycles. The molecular formula is C118H152BCl5CuF4LiN3O4P2Ru2Si2+. The molecule has 7 nitrogen and oxygen atoms in total. The molecule has 1 aliphatic carbocycles.